The van der Waals surface area contributed by atoms with Gasteiger partial charge in [0, 0.05) is 36.1 Å². The van der Waals surface area contributed by atoms with Gasteiger partial charge in [-0.3, -0.25) is 4.79 Å². The molecule has 0 aliphatic carbocycles. The summed E-state index contributed by atoms with van der Waals surface area (Å²) in [5.41, 5.74) is 2.05. The average Bonchev–Trinajstić information content (AvgIpc) is 2.49. The summed E-state index contributed by atoms with van der Waals surface area (Å²) in [7, 11) is 0. The molecule has 0 amide bonds. The second-order valence-electron chi connectivity index (χ2n) is 5.47. The Hall–Kier alpha value is -1.13. The van der Waals surface area contributed by atoms with Crippen LogP contribution in [0.5, 0.6) is 0 Å². The maximum absolute atomic E-state index is 11.7. The van der Waals surface area contributed by atoms with E-state index in [0.717, 1.165) is 47.3 Å². The first-order valence-electron chi connectivity index (χ1n) is 7.36. The monoisotopic (exact) mass is 324 g/mol. The second-order valence-corrected chi connectivity index (χ2v) is 6.29. The van der Waals surface area contributed by atoms with Gasteiger partial charge >= 0.3 is 0 Å². The third kappa shape index (κ3) is 4.17. The van der Waals surface area contributed by atoms with Gasteiger partial charge in [0.05, 0.1) is 0 Å². The van der Waals surface area contributed by atoms with E-state index in [1.807, 2.05) is 32.0 Å². The maximum atomic E-state index is 11.7. The van der Waals surface area contributed by atoms with Crippen molar-refractivity contribution in [3.8, 4) is 0 Å². The fourth-order valence-corrected chi connectivity index (χ4v) is 3.17. The van der Waals surface area contributed by atoms with Crippen molar-refractivity contribution in [1.29, 1.82) is 0 Å². The topological polar surface area (TPSA) is 32.3 Å². The zero-order valence-corrected chi connectivity index (χ0v) is 14.1. The number of piperidine rings is 1. The summed E-state index contributed by atoms with van der Waals surface area (Å²) >= 11 is 11.4. The number of benzene rings is 1. The number of likely N-dealkylation sites (tertiary alicyclic amines) is 1. The molecule has 5 heteroatoms. The number of anilines is 1. The minimum absolute atomic E-state index is 0.214. The van der Waals surface area contributed by atoms with Crippen molar-refractivity contribution in [3.05, 3.63) is 28.8 Å². The van der Waals surface area contributed by atoms with Crippen molar-refractivity contribution >= 4 is 40.4 Å². The van der Waals surface area contributed by atoms with Crippen LogP contribution in [-0.4, -0.2) is 28.9 Å². The molecule has 0 atom stereocenters. The summed E-state index contributed by atoms with van der Waals surface area (Å²) in [5.74, 6) is 0.591. The summed E-state index contributed by atoms with van der Waals surface area (Å²) in [6.45, 7) is 5.62. The number of carbonyl (C=O) groups excluding carboxylic acids is 1. The number of rotatable bonds is 3. The molecule has 1 heterocycles. The van der Waals surface area contributed by atoms with Crippen molar-refractivity contribution in [3.63, 3.8) is 0 Å². The van der Waals surface area contributed by atoms with Crippen LogP contribution in [0.15, 0.2) is 18.2 Å². The highest BCUT2D eigenvalue weighted by molar-refractivity contribution is 7.80. The number of halogens is 1. The Labute approximate surface area is 136 Å². The van der Waals surface area contributed by atoms with Gasteiger partial charge in [-0.05, 0) is 55.7 Å². The molecular weight excluding hydrogens is 304 g/mol. The van der Waals surface area contributed by atoms with Gasteiger partial charge in [0.1, 0.15) is 5.78 Å². The number of aryl methyl sites for hydroxylation is 1. The lowest BCUT2D eigenvalue weighted by Crippen LogP contribution is -2.42. The van der Waals surface area contributed by atoms with Crippen LogP contribution in [0.2, 0.25) is 5.02 Å². The first-order chi connectivity index (χ1) is 10.0. The molecule has 1 aliphatic rings. The van der Waals surface area contributed by atoms with Gasteiger partial charge in [-0.1, -0.05) is 18.5 Å². The molecule has 0 unspecified atom stereocenters. The molecule has 0 radical (unpaired) electrons. The molecule has 3 nitrogen and oxygen atoms in total. The number of ketones is 1. The zero-order valence-electron chi connectivity index (χ0n) is 12.5. The number of carbonyl (C=O) groups is 1. The highest BCUT2D eigenvalue weighted by Crippen LogP contribution is 2.22. The molecule has 0 saturated carbocycles. The van der Waals surface area contributed by atoms with E-state index in [2.05, 4.69) is 10.2 Å². The molecule has 1 fully saturated rings. The Balaban J connectivity index is 1.92. The molecule has 1 aromatic rings. The minimum atomic E-state index is 0.214. The van der Waals surface area contributed by atoms with E-state index in [0.29, 0.717) is 12.2 Å². The van der Waals surface area contributed by atoms with E-state index < -0.39 is 0 Å². The van der Waals surface area contributed by atoms with Crippen molar-refractivity contribution < 1.29 is 4.79 Å². The Morgan fingerprint density at radius 3 is 2.67 bits per heavy atom. The van der Waals surface area contributed by atoms with Crippen LogP contribution in [0.4, 0.5) is 5.69 Å². The number of thiocarbonyl (C=S) groups is 1. The van der Waals surface area contributed by atoms with E-state index in [9.17, 15) is 4.79 Å². The predicted molar refractivity (Wildman–Crippen MR) is 92.0 cm³/mol. The largest absolute Gasteiger partial charge is 0.349 e. The predicted octanol–water partition coefficient (Wildman–Crippen LogP) is 4.04. The molecule has 21 heavy (non-hydrogen) atoms. The number of hydrogen-bond acceptors (Lipinski definition) is 2. The van der Waals surface area contributed by atoms with E-state index in [1.54, 1.807) is 0 Å². The van der Waals surface area contributed by atoms with Crippen molar-refractivity contribution in [1.82, 2.24) is 4.90 Å². The first-order valence-corrected chi connectivity index (χ1v) is 8.14. The standard InChI is InChI=1S/C16H21ClN2OS/c1-3-15(20)12-6-8-19(9-7-12)16(21)18-14-5-4-13(17)10-11(14)2/h4-5,10,12H,3,6-9H2,1-2H3,(H,18,21). The van der Waals surface area contributed by atoms with Gasteiger partial charge in [-0.25, -0.2) is 0 Å². The van der Waals surface area contributed by atoms with Gasteiger partial charge in [-0.2, -0.15) is 0 Å². The van der Waals surface area contributed by atoms with Crippen LogP contribution in [0.25, 0.3) is 0 Å². The maximum Gasteiger partial charge on any atom is 0.173 e. The van der Waals surface area contributed by atoms with E-state index >= 15 is 0 Å². The average molecular weight is 325 g/mol. The van der Waals surface area contributed by atoms with Gasteiger partial charge < -0.3 is 10.2 Å². The second kappa shape index (κ2) is 7.23. The summed E-state index contributed by atoms with van der Waals surface area (Å²) in [6.07, 6.45) is 2.43. The lowest BCUT2D eigenvalue weighted by molar-refractivity contribution is -0.123. The zero-order chi connectivity index (χ0) is 15.4. The van der Waals surface area contributed by atoms with Gasteiger partial charge in [-0.15, -0.1) is 0 Å². The number of nitrogens with zero attached hydrogens (tertiary/aromatic N) is 1. The normalized spacial score (nSPS) is 15.9. The van der Waals surface area contributed by atoms with Crippen molar-refractivity contribution in [2.45, 2.75) is 33.1 Å². The van der Waals surface area contributed by atoms with Crippen molar-refractivity contribution in [2.24, 2.45) is 5.92 Å². The first kappa shape index (κ1) is 16.2. The number of Topliss-reactive ketones (excluding diaryl/α,β-unsaturated/α-hetero) is 1. The molecular formula is C16H21ClN2OS. The van der Waals surface area contributed by atoms with Gasteiger partial charge in [0.25, 0.3) is 0 Å². The smallest absolute Gasteiger partial charge is 0.173 e. The summed E-state index contributed by atoms with van der Waals surface area (Å²) in [5, 5.41) is 4.73. The van der Waals surface area contributed by atoms with Crippen molar-refractivity contribution in [2.75, 3.05) is 18.4 Å². The SMILES string of the molecule is CCC(=O)C1CCN(C(=S)Nc2ccc(Cl)cc2C)CC1. The summed E-state index contributed by atoms with van der Waals surface area (Å²) in [4.78, 5) is 13.9. The van der Waals surface area contributed by atoms with Gasteiger partial charge in [0.15, 0.2) is 5.11 Å². The van der Waals surface area contributed by atoms with Gasteiger partial charge in [0.2, 0.25) is 0 Å². The fourth-order valence-electron chi connectivity index (χ4n) is 2.65. The Morgan fingerprint density at radius 2 is 2.10 bits per heavy atom. The molecule has 1 N–H and O–H groups in total. The lowest BCUT2D eigenvalue weighted by Gasteiger charge is -2.33. The molecule has 114 valence electrons. The molecule has 0 aromatic heterocycles. The minimum Gasteiger partial charge on any atom is -0.349 e. The van der Waals surface area contributed by atoms with Crippen LogP contribution in [0.1, 0.15) is 31.7 Å². The third-order valence-electron chi connectivity index (χ3n) is 4.02. The van der Waals surface area contributed by atoms with Crippen LogP contribution in [0, 0.1) is 12.8 Å². The van der Waals surface area contributed by atoms with Crippen LogP contribution >= 0.6 is 23.8 Å². The van der Waals surface area contributed by atoms with E-state index in [4.69, 9.17) is 23.8 Å². The Kier molecular flexibility index (Phi) is 5.59. The lowest BCUT2D eigenvalue weighted by atomic mass is 9.91. The quantitative estimate of drug-likeness (QED) is 0.851. The summed E-state index contributed by atoms with van der Waals surface area (Å²) in [6, 6.07) is 5.71. The van der Waals surface area contributed by atoms with E-state index in [1.165, 1.54) is 0 Å². The van der Waals surface area contributed by atoms with Crippen LogP contribution in [-0.2, 0) is 4.79 Å². The highest BCUT2D eigenvalue weighted by atomic mass is 35.5. The molecule has 0 spiro atoms. The number of hydrogen-bond donors (Lipinski definition) is 1. The van der Waals surface area contributed by atoms with Crippen LogP contribution in [0.3, 0.4) is 0 Å². The molecule has 1 aromatic carbocycles. The fraction of sp³-hybridized carbons (Fsp3) is 0.500. The molecule has 1 aliphatic heterocycles. The van der Waals surface area contributed by atoms with Crippen LogP contribution < -0.4 is 5.32 Å². The third-order valence-corrected chi connectivity index (χ3v) is 4.61. The highest BCUT2D eigenvalue weighted by Gasteiger charge is 2.24. The Bertz CT molecular complexity index is 539. The Morgan fingerprint density at radius 1 is 1.43 bits per heavy atom. The molecule has 2 rings (SSSR count). The number of nitrogens with one attached hydrogen (secondary N) is 1. The van der Waals surface area contributed by atoms with E-state index in [-0.39, 0.29) is 5.92 Å². The summed E-state index contributed by atoms with van der Waals surface area (Å²) < 4.78 is 0. The molecule has 1 saturated heterocycles. The molecule has 0 bridgehead atoms.